The molecule has 1 saturated carbocycles. The average Bonchev–Trinajstić information content (AvgIpc) is 2.65. The molecule has 1 amide bonds. The van der Waals surface area contributed by atoms with Crippen molar-refractivity contribution in [3.63, 3.8) is 0 Å². The maximum atomic E-state index is 12.4. The first-order valence-corrected chi connectivity index (χ1v) is 7.46. The summed E-state index contributed by atoms with van der Waals surface area (Å²) >= 11 is 5.79. The van der Waals surface area contributed by atoms with E-state index in [1.54, 1.807) is 6.07 Å². The lowest BCUT2D eigenvalue weighted by atomic mass is 9.94. The number of hydrogen-bond acceptors (Lipinski definition) is 3. The second-order valence-corrected chi connectivity index (χ2v) is 5.83. The summed E-state index contributed by atoms with van der Waals surface area (Å²) in [6.07, 6.45) is 4.65. The smallest absolute Gasteiger partial charge is 0.337 e. The summed E-state index contributed by atoms with van der Waals surface area (Å²) in [5.74, 6) is -1.61. The molecule has 2 rings (SSSR count). The van der Waals surface area contributed by atoms with Crippen molar-refractivity contribution in [1.82, 2.24) is 0 Å². The minimum Gasteiger partial charge on any atom is -0.478 e. The van der Waals surface area contributed by atoms with E-state index in [0.29, 0.717) is 5.02 Å². The number of benzene rings is 1. The number of carboxylic acid groups (broad SMARTS) is 1. The summed E-state index contributed by atoms with van der Waals surface area (Å²) in [4.78, 5) is 23.6. The van der Waals surface area contributed by atoms with Crippen LogP contribution in [-0.4, -0.2) is 23.0 Å². The van der Waals surface area contributed by atoms with Crippen LogP contribution in [0.1, 0.15) is 42.5 Å². The Hall–Kier alpha value is -1.59. The molecule has 2 atom stereocenters. The van der Waals surface area contributed by atoms with E-state index in [4.69, 9.17) is 17.3 Å². The molecule has 5 nitrogen and oxygen atoms in total. The molecule has 6 heteroatoms. The standard InChI is InChI=1S/C15H19ClN2O3/c16-9-6-7-13(11(8-9)15(20)21)18-14(19)10-4-2-1-3-5-12(10)17/h6-8,10,12H,1-5,17H2,(H,18,19)(H,20,21). The van der Waals surface area contributed by atoms with Gasteiger partial charge in [0.1, 0.15) is 0 Å². The van der Waals surface area contributed by atoms with Gasteiger partial charge in [-0.25, -0.2) is 4.79 Å². The van der Waals surface area contributed by atoms with Crippen molar-refractivity contribution >= 4 is 29.2 Å². The molecule has 0 bridgehead atoms. The van der Waals surface area contributed by atoms with Crippen LogP contribution < -0.4 is 11.1 Å². The van der Waals surface area contributed by atoms with Gasteiger partial charge in [-0.3, -0.25) is 4.79 Å². The maximum Gasteiger partial charge on any atom is 0.337 e. The molecule has 21 heavy (non-hydrogen) atoms. The fourth-order valence-corrected chi connectivity index (χ4v) is 2.86. The third-order valence-electron chi connectivity index (χ3n) is 3.88. The van der Waals surface area contributed by atoms with Crippen LogP contribution in [0.25, 0.3) is 0 Å². The average molecular weight is 311 g/mol. The van der Waals surface area contributed by atoms with Gasteiger partial charge in [0.2, 0.25) is 5.91 Å². The Morgan fingerprint density at radius 1 is 1.24 bits per heavy atom. The molecule has 0 aromatic heterocycles. The van der Waals surface area contributed by atoms with Crippen LogP contribution in [0.5, 0.6) is 0 Å². The second kappa shape index (κ2) is 6.91. The lowest BCUT2D eigenvalue weighted by molar-refractivity contribution is -0.120. The molecule has 2 unspecified atom stereocenters. The summed E-state index contributed by atoms with van der Waals surface area (Å²) in [7, 11) is 0. The third-order valence-corrected chi connectivity index (χ3v) is 4.11. The van der Waals surface area contributed by atoms with Crippen molar-refractivity contribution in [3.05, 3.63) is 28.8 Å². The number of nitrogens with one attached hydrogen (secondary N) is 1. The number of carbonyl (C=O) groups is 2. The summed E-state index contributed by atoms with van der Waals surface area (Å²) in [6, 6.07) is 4.21. The first kappa shape index (κ1) is 15.8. The van der Waals surface area contributed by atoms with Crippen molar-refractivity contribution < 1.29 is 14.7 Å². The van der Waals surface area contributed by atoms with E-state index in [-0.39, 0.29) is 29.1 Å². The predicted molar refractivity (Wildman–Crippen MR) is 81.6 cm³/mol. The Morgan fingerprint density at radius 3 is 2.67 bits per heavy atom. The van der Waals surface area contributed by atoms with E-state index in [0.717, 1.165) is 32.1 Å². The molecule has 114 valence electrons. The number of anilines is 1. The third kappa shape index (κ3) is 3.95. The molecule has 1 aliphatic carbocycles. The quantitative estimate of drug-likeness (QED) is 0.748. The highest BCUT2D eigenvalue weighted by atomic mass is 35.5. The van der Waals surface area contributed by atoms with Crippen LogP contribution >= 0.6 is 11.6 Å². The number of aromatic carboxylic acids is 1. The van der Waals surface area contributed by atoms with Gasteiger partial charge in [0.05, 0.1) is 17.2 Å². The number of hydrogen-bond donors (Lipinski definition) is 3. The van der Waals surface area contributed by atoms with E-state index < -0.39 is 5.97 Å². The van der Waals surface area contributed by atoms with Crippen molar-refractivity contribution in [2.45, 2.75) is 38.1 Å². The first-order valence-electron chi connectivity index (χ1n) is 7.08. The normalized spacial score (nSPS) is 22.4. The zero-order valence-electron chi connectivity index (χ0n) is 11.6. The Balaban J connectivity index is 2.17. The summed E-state index contributed by atoms with van der Waals surface area (Å²) in [5, 5.41) is 12.2. The van der Waals surface area contributed by atoms with Gasteiger partial charge in [-0.05, 0) is 31.0 Å². The van der Waals surface area contributed by atoms with Gasteiger partial charge >= 0.3 is 5.97 Å². The van der Waals surface area contributed by atoms with Crippen molar-refractivity contribution in [1.29, 1.82) is 0 Å². The van der Waals surface area contributed by atoms with Gasteiger partial charge in [0.15, 0.2) is 0 Å². The topological polar surface area (TPSA) is 92.4 Å². The molecule has 1 fully saturated rings. The molecule has 1 aromatic rings. The zero-order valence-corrected chi connectivity index (χ0v) is 12.4. The van der Waals surface area contributed by atoms with Crippen molar-refractivity contribution in [3.8, 4) is 0 Å². The highest BCUT2D eigenvalue weighted by Crippen LogP contribution is 2.26. The first-order chi connectivity index (χ1) is 9.99. The Morgan fingerprint density at radius 2 is 1.95 bits per heavy atom. The molecule has 0 radical (unpaired) electrons. The Bertz CT molecular complexity index is 548. The van der Waals surface area contributed by atoms with Crippen LogP contribution in [0.3, 0.4) is 0 Å². The number of amides is 1. The van der Waals surface area contributed by atoms with Crippen LogP contribution in [0.15, 0.2) is 18.2 Å². The van der Waals surface area contributed by atoms with Crippen LogP contribution in [-0.2, 0) is 4.79 Å². The minimum atomic E-state index is -1.13. The molecule has 0 heterocycles. The molecule has 0 saturated heterocycles. The minimum absolute atomic E-state index is 0.0157. The van der Waals surface area contributed by atoms with Gasteiger partial charge in [-0.1, -0.05) is 30.9 Å². The number of nitrogens with two attached hydrogens (primary N) is 1. The molecule has 4 N–H and O–H groups in total. The van der Waals surface area contributed by atoms with Gasteiger partial charge in [-0.2, -0.15) is 0 Å². The number of carbonyl (C=O) groups excluding carboxylic acids is 1. The van der Waals surface area contributed by atoms with Crippen LogP contribution in [0.2, 0.25) is 5.02 Å². The molecular formula is C15H19ClN2O3. The highest BCUT2D eigenvalue weighted by Gasteiger charge is 2.27. The summed E-state index contributed by atoms with van der Waals surface area (Å²) < 4.78 is 0. The molecule has 0 aliphatic heterocycles. The molecular weight excluding hydrogens is 292 g/mol. The number of halogens is 1. The van der Waals surface area contributed by atoms with Gasteiger partial charge < -0.3 is 16.2 Å². The van der Waals surface area contributed by atoms with Crippen LogP contribution in [0, 0.1) is 5.92 Å². The number of carboxylic acids is 1. The number of rotatable bonds is 3. The van der Waals surface area contributed by atoms with Gasteiger partial charge in [0.25, 0.3) is 0 Å². The fourth-order valence-electron chi connectivity index (χ4n) is 2.69. The highest BCUT2D eigenvalue weighted by molar-refractivity contribution is 6.31. The maximum absolute atomic E-state index is 12.4. The predicted octanol–water partition coefficient (Wildman–Crippen LogP) is 2.88. The Kier molecular flexibility index (Phi) is 5.20. The lowest BCUT2D eigenvalue weighted by Gasteiger charge is -2.21. The summed E-state index contributed by atoms with van der Waals surface area (Å²) in [5.41, 5.74) is 6.30. The van der Waals surface area contributed by atoms with Crippen LogP contribution in [0.4, 0.5) is 5.69 Å². The zero-order chi connectivity index (χ0) is 15.4. The SMILES string of the molecule is NC1CCCCCC1C(=O)Nc1ccc(Cl)cc1C(=O)O. The molecule has 1 aliphatic rings. The summed E-state index contributed by atoms with van der Waals surface area (Å²) in [6.45, 7) is 0. The molecule has 1 aromatic carbocycles. The van der Waals surface area contributed by atoms with Gasteiger partial charge in [0, 0.05) is 11.1 Å². The lowest BCUT2D eigenvalue weighted by Crippen LogP contribution is -2.38. The fraction of sp³-hybridized carbons (Fsp3) is 0.467. The van der Waals surface area contributed by atoms with E-state index >= 15 is 0 Å². The Labute approximate surface area is 128 Å². The van der Waals surface area contributed by atoms with Crippen molar-refractivity contribution in [2.24, 2.45) is 11.7 Å². The van der Waals surface area contributed by atoms with Crippen molar-refractivity contribution in [2.75, 3.05) is 5.32 Å². The largest absolute Gasteiger partial charge is 0.478 e. The van der Waals surface area contributed by atoms with E-state index in [9.17, 15) is 14.7 Å². The van der Waals surface area contributed by atoms with E-state index in [1.807, 2.05) is 0 Å². The van der Waals surface area contributed by atoms with E-state index in [1.165, 1.54) is 12.1 Å². The van der Waals surface area contributed by atoms with E-state index in [2.05, 4.69) is 5.32 Å². The van der Waals surface area contributed by atoms with Gasteiger partial charge in [-0.15, -0.1) is 0 Å². The monoisotopic (exact) mass is 310 g/mol. The molecule has 0 spiro atoms. The second-order valence-electron chi connectivity index (χ2n) is 5.39.